The molecule has 0 N–H and O–H groups in total. The van der Waals surface area contributed by atoms with Gasteiger partial charge in [-0.2, -0.15) is 35.3 Å². The first-order valence-electron chi connectivity index (χ1n) is 5.93. The molecule has 0 spiro atoms. The summed E-state index contributed by atoms with van der Waals surface area (Å²) < 4.78 is 0. The number of hydrogen-bond donors (Lipinski definition) is 0. The lowest BCUT2D eigenvalue weighted by Gasteiger charge is -2.34. The van der Waals surface area contributed by atoms with E-state index in [0.29, 0.717) is 5.78 Å². The van der Waals surface area contributed by atoms with Crippen LogP contribution in [0.25, 0.3) is 0 Å². The Bertz CT molecular complexity index is 377. The molecule has 1 rings (SSSR count). The lowest BCUT2D eigenvalue weighted by Crippen LogP contribution is -2.39. The molecule has 0 saturated heterocycles. The highest BCUT2D eigenvalue weighted by Crippen LogP contribution is 2.39. The number of allylic oxidation sites excluding steroid dienone is 3. The molecule has 0 aromatic heterocycles. The molecule has 0 radical (unpaired) electrons. The van der Waals surface area contributed by atoms with E-state index in [0.717, 1.165) is 22.8 Å². The zero-order valence-corrected chi connectivity index (χ0v) is 14.3. The maximum atomic E-state index is 12.8. The largest absolute Gasteiger partial charge is 0.293 e. The third-order valence-electron chi connectivity index (χ3n) is 3.36. The molecule has 18 heavy (non-hydrogen) atoms. The Morgan fingerprint density at radius 1 is 1.06 bits per heavy atom. The van der Waals surface area contributed by atoms with Crippen LogP contribution >= 0.6 is 35.3 Å². The van der Waals surface area contributed by atoms with Gasteiger partial charge >= 0.3 is 0 Å². The number of carbonyl (C=O) groups excluding carboxylic acids is 1. The van der Waals surface area contributed by atoms with Crippen LogP contribution in [-0.2, 0) is 4.79 Å². The van der Waals surface area contributed by atoms with Crippen molar-refractivity contribution in [2.24, 2.45) is 5.41 Å². The second-order valence-corrected chi connectivity index (χ2v) is 7.31. The van der Waals surface area contributed by atoms with Crippen LogP contribution in [0.2, 0.25) is 0 Å². The predicted octanol–water partition coefficient (Wildman–Crippen LogP) is 3.91. The normalized spacial score (nSPS) is 19.2. The molecule has 0 atom stereocenters. The molecule has 1 nitrogen and oxygen atoms in total. The molecular weight excluding hydrogens is 280 g/mol. The highest BCUT2D eigenvalue weighted by atomic mass is 32.2. The molecule has 1 aliphatic rings. The second-order valence-electron chi connectivity index (χ2n) is 4.72. The summed E-state index contributed by atoms with van der Waals surface area (Å²) in [5, 5.41) is 0. The summed E-state index contributed by atoms with van der Waals surface area (Å²) in [6.07, 6.45) is 8.43. The Hall–Kier alpha value is 0.200. The minimum atomic E-state index is -0.284. The van der Waals surface area contributed by atoms with Gasteiger partial charge in [0.15, 0.2) is 5.78 Å². The molecule has 0 amide bonds. The summed E-state index contributed by atoms with van der Waals surface area (Å²) in [5.74, 6) is 2.95. The van der Waals surface area contributed by atoms with Crippen molar-refractivity contribution < 1.29 is 4.79 Å². The summed E-state index contributed by atoms with van der Waals surface area (Å²) in [7, 11) is 0. The average Bonchev–Trinajstić information content (AvgIpc) is 2.33. The van der Waals surface area contributed by atoms with Crippen LogP contribution in [0.15, 0.2) is 22.8 Å². The standard InChI is InChI=1S/C14H22OS3/c1-10-6-14(8-17-4,9-18-5)13(15)12(7-16-3)11(10)2/h6H,7-9H2,1-5H3. The van der Waals surface area contributed by atoms with E-state index in [4.69, 9.17) is 0 Å². The van der Waals surface area contributed by atoms with Crippen molar-refractivity contribution in [2.75, 3.05) is 36.0 Å². The van der Waals surface area contributed by atoms with Crippen LogP contribution in [0.4, 0.5) is 0 Å². The van der Waals surface area contributed by atoms with E-state index in [1.807, 2.05) is 0 Å². The summed E-state index contributed by atoms with van der Waals surface area (Å²) in [4.78, 5) is 12.8. The van der Waals surface area contributed by atoms with Crippen LogP contribution in [0.5, 0.6) is 0 Å². The molecule has 0 aromatic carbocycles. The number of thioether (sulfide) groups is 3. The Morgan fingerprint density at radius 3 is 2.06 bits per heavy atom. The quantitative estimate of drug-likeness (QED) is 0.739. The van der Waals surface area contributed by atoms with Crippen LogP contribution in [0, 0.1) is 5.41 Å². The van der Waals surface area contributed by atoms with Crippen molar-refractivity contribution in [3.8, 4) is 0 Å². The van der Waals surface area contributed by atoms with Crippen molar-refractivity contribution in [1.29, 1.82) is 0 Å². The van der Waals surface area contributed by atoms with Gasteiger partial charge in [-0.3, -0.25) is 4.79 Å². The van der Waals surface area contributed by atoms with Gasteiger partial charge in [0.05, 0.1) is 5.41 Å². The summed E-state index contributed by atoms with van der Waals surface area (Å²) in [6.45, 7) is 4.22. The highest BCUT2D eigenvalue weighted by Gasteiger charge is 2.40. The number of ketones is 1. The number of carbonyl (C=O) groups is 1. The maximum Gasteiger partial charge on any atom is 0.171 e. The smallest absolute Gasteiger partial charge is 0.171 e. The average molecular weight is 303 g/mol. The molecule has 0 unspecified atom stereocenters. The van der Waals surface area contributed by atoms with Gasteiger partial charge in [0.25, 0.3) is 0 Å². The summed E-state index contributed by atoms with van der Waals surface area (Å²) in [6, 6.07) is 0. The molecule has 0 saturated carbocycles. The van der Waals surface area contributed by atoms with Gasteiger partial charge in [-0.1, -0.05) is 11.6 Å². The van der Waals surface area contributed by atoms with Gasteiger partial charge in [0.2, 0.25) is 0 Å². The van der Waals surface area contributed by atoms with Crippen molar-refractivity contribution in [2.45, 2.75) is 13.8 Å². The Kier molecular flexibility index (Phi) is 6.42. The van der Waals surface area contributed by atoms with Gasteiger partial charge in [-0.05, 0) is 38.2 Å². The molecule has 1 aliphatic carbocycles. The van der Waals surface area contributed by atoms with Crippen LogP contribution in [0.3, 0.4) is 0 Å². The number of Topliss-reactive ketones (excluding diaryl/α,β-unsaturated/α-hetero) is 1. The third kappa shape index (κ3) is 3.20. The van der Waals surface area contributed by atoms with E-state index in [2.05, 4.69) is 38.7 Å². The van der Waals surface area contributed by atoms with Crippen molar-refractivity contribution in [3.05, 3.63) is 22.8 Å². The molecule has 0 fully saturated rings. The zero-order valence-electron chi connectivity index (χ0n) is 11.8. The van der Waals surface area contributed by atoms with Gasteiger partial charge in [-0.15, -0.1) is 0 Å². The summed E-state index contributed by atoms with van der Waals surface area (Å²) >= 11 is 5.27. The van der Waals surface area contributed by atoms with Crippen LogP contribution < -0.4 is 0 Å². The molecule has 4 heteroatoms. The Labute approximate surface area is 124 Å². The van der Waals surface area contributed by atoms with Crippen molar-refractivity contribution in [1.82, 2.24) is 0 Å². The number of rotatable bonds is 6. The monoisotopic (exact) mass is 302 g/mol. The Balaban J connectivity index is 3.21. The minimum Gasteiger partial charge on any atom is -0.293 e. The first-order valence-corrected chi connectivity index (χ1v) is 10.1. The van der Waals surface area contributed by atoms with E-state index in [1.54, 1.807) is 35.3 Å². The SMILES string of the molecule is CSCC1=C(C)C(C)=CC(CSC)(CSC)C1=O. The first-order chi connectivity index (χ1) is 8.52. The fourth-order valence-corrected chi connectivity index (χ4v) is 4.82. The summed E-state index contributed by atoms with van der Waals surface area (Å²) in [5.41, 5.74) is 3.22. The minimum absolute atomic E-state index is 0.284. The van der Waals surface area contributed by atoms with Gasteiger partial charge in [0, 0.05) is 22.8 Å². The fourth-order valence-electron chi connectivity index (χ4n) is 2.39. The Morgan fingerprint density at radius 2 is 1.61 bits per heavy atom. The highest BCUT2D eigenvalue weighted by molar-refractivity contribution is 7.99. The van der Waals surface area contributed by atoms with E-state index >= 15 is 0 Å². The molecule has 102 valence electrons. The zero-order chi connectivity index (χ0) is 13.8. The van der Waals surface area contributed by atoms with Gasteiger partial charge in [0.1, 0.15) is 0 Å². The van der Waals surface area contributed by atoms with Gasteiger partial charge < -0.3 is 0 Å². The van der Waals surface area contributed by atoms with E-state index in [9.17, 15) is 4.79 Å². The van der Waals surface area contributed by atoms with Crippen molar-refractivity contribution >= 4 is 41.1 Å². The van der Waals surface area contributed by atoms with Crippen LogP contribution in [0.1, 0.15) is 13.8 Å². The predicted molar refractivity (Wildman–Crippen MR) is 89.0 cm³/mol. The fraction of sp³-hybridized carbons (Fsp3) is 0.643. The molecule has 0 heterocycles. The van der Waals surface area contributed by atoms with Crippen LogP contribution in [-0.4, -0.2) is 41.8 Å². The van der Waals surface area contributed by atoms with E-state index in [1.165, 1.54) is 11.1 Å². The molecular formula is C14H22OS3. The third-order valence-corrected chi connectivity index (χ3v) is 5.54. The molecule has 0 aliphatic heterocycles. The lowest BCUT2D eigenvalue weighted by atomic mass is 9.75. The first kappa shape index (κ1) is 16.3. The van der Waals surface area contributed by atoms with Gasteiger partial charge in [-0.25, -0.2) is 0 Å². The molecule has 0 bridgehead atoms. The molecule has 0 aromatic rings. The van der Waals surface area contributed by atoms with E-state index in [-0.39, 0.29) is 5.41 Å². The lowest BCUT2D eigenvalue weighted by molar-refractivity contribution is -0.120. The van der Waals surface area contributed by atoms with E-state index < -0.39 is 0 Å². The second kappa shape index (κ2) is 7.11. The topological polar surface area (TPSA) is 17.1 Å². The maximum absolute atomic E-state index is 12.8. The number of hydrogen-bond acceptors (Lipinski definition) is 4. The van der Waals surface area contributed by atoms with Crippen molar-refractivity contribution in [3.63, 3.8) is 0 Å².